The second-order valence-electron chi connectivity index (χ2n) is 7.49. The third-order valence-corrected chi connectivity index (χ3v) is 6.09. The predicted molar refractivity (Wildman–Crippen MR) is 121 cm³/mol. The second kappa shape index (κ2) is 9.65. The van der Waals surface area contributed by atoms with E-state index in [0.29, 0.717) is 16.8 Å². The highest BCUT2D eigenvalue weighted by Crippen LogP contribution is 2.27. The van der Waals surface area contributed by atoms with Crippen LogP contribution in [-0.2, 0) is 16.1 Å². The molecule has 9 nitrogen and oxygen atoms in total. The van der Waals surface area contributed by atoms with Crippen molar-refractivity contribution < 1.29 is 24.6 Å². The molecule has 0 radical (unpaired) electrons. The molecule has 0 spiro atoms. The van der Waals surface area contributed by atoms with E-state index in [1.807, 2.05) is 37.1 Å². The summed E-state index contributed by atoms with van der Waals surface area (Å²) in [5, 5.41) is 21.7. The van der Waals surface area contributed by atoms with Gasteiger partial charge in [0.15, 0.2) is 5.43 Å². The summed E-state index contributed by atoms with van der Waals surface area (Å²) in [5.74, 6) is -2.98. The van der Waals surface area contributed by atoms with Crippen LogP contribution in [0.5, 0.6) is 0 Å². The molecule has 4 N–H and O–H groups in total. The molecule has 168 valence electrons. The lowest BCUT2D eigenvalue weighted by atomic mass is 10.1. The van der Waals surface area contributed by atoms with Crippen LogP contribution in [0.4, 0.5) is 5.00 Å². The maximum atomic E-state index is 12.4. The number of hydrogen-bond acceptors (Lipinski definition) is 6. The molecule has 2 aromatic heterocycles. The minimum Gasteiger partial charge on any atom is -0.481 e. The number of carbonyl (C=O) groups excluding carboxylic acids is 1. The number of nitrogens with one attached hydrogen (secondary N) is 2. The fraction of sp³-hybridized carbons (Fsp3) is 0.273. The van der Waals surface area contributed by atoms with Gasteiger partial charge in [0.1, 0.15) is 6.04 Å². The van der Waals surface area contributed by atoms with Gasteiger partial charge in [0.2, 0.25) is 0 Å². The summed E-state index contributed by atoms with van der Waals surface area (Å²) >= 11 is 1.19. The van der Waals surface area contributed by atoms with Crippen LogP contribution in [0.3, 0.4) is 0 Å². The van der Waals surface area contributed by atoms with Crippen LogP contribution in [0.25, 0.3) is 10.9 Å². The number of carbonyl (C=O) groups is 3. The maximum Gasteiger partial charge on any atom is 0.326 e. The van der Waals surface area contributed by atoms with Gasteiger partial charge >= 0.3 is 11.9 Å². The average molecular weight is 458 g/mol. The minimum atomic E-state index is -1.28. The molecule has 10 heteroatoms. The number of hydrogen-bond donors (Lipinski definition) is 4. The van der Waals surface area contributed by atoms with Crippen molar-refractivity contribution in [1.82, 2.24) is 10.3 Å². The van der Waals surface area contributed by atoms with Crippen LogP contribution in [0, 0.1) is 6.92 Å². The molecule has 3 aromatic rings. The van der Waals surface area contributed by atoms with E-state index < -0.39 is 23.9 Å². The zero-order chi connectivity index (χ0) is 23.4. The van der Waals surface area contributed by atoms with Gasteiger partial charge < -0.3 is 25.4 Å². The standard InChI is InChI=1S/C22H23N3O6S/c1-12-9-17(26)14-10-13(3-4-15(14)23-12)11-25(2)19-7-6-18(32-19)21(29)24-16(22(30)31)5-8-20(27)28/h3-4,6-7,9-10,16H,5,8,11H2,1-2H3,(H,23,26)(H,24,29)(H,27,28)(H,30,31)/t16-/m0/s1. The molecule has 32 heavy (non-hydrogen) atoms. The number of rotatable bonds is 9. The van der Waals surface area contributed by atoms with Crippen molar-refractivity contribution in [2.45, 2.75) is 32.4 Å². The SMILES string of the molecule is Cc1cc(=O)c2cc(CN(C)c3ccc(C(=O)N[C@@H](CCC(=O)O)C(=O)O)s3)ccc2[nH]1. The summed E-state index contributed by atoms with van der Waals surface area (Å²) < 4.78 is 0. The van der Waals surface area contributed by atoms with E-state index in [1.54, 1.807) is 18.2 Å². The molecular formula is C22H23N3O6S. The predicted octanol–water partition coefficient (Wildman–Crippen LogP) is 2.58. The first-order valence-corrected chi connectivity index (χ1v) is 10.6. The van der Waals surface area contributed by atoms with Gasteiger partial charge in [-0.3, -0.25) is 14.4 Å². The number of thiophene rings is 1. The van der Waals surface area contributed by atoms with E-state index >= 15 is 0 Å². The molecule has 0 saturated heterocycles. The number of aryl methyl sites for hydroxylation is 1. The molecule has 3 rings (SSSR count). The van der Waals surface area contributed by atoms with Gasteiger partial charge in [-0.15, -0.1) is 11.3 Å². The summed E-state index contributed by atoms with van der Waals surface area (Å²) in [6.45, 7) is 2.33. The van der Waals surface area contributed by atoms with E-state index in [0.717, 1.165) is 21.8 Å². The number of benzene rings is 1. The molecule has 1 aromatic carbocycles. The van der Waals surface area contributed by atoms with E-state index in [9.17, 15) is 24.3 Å². The molecular weight excluding hydrogens is 434 g/mol. The lowest BCUT2D eigenvalue weighted by Gasteiger charge is -2.17. The maximum absolute atomic E-state index is 12.4. The monoisotopic (exact) mass is 457 g/mol. The first kappa shape index (κ1) is 23.0. The lowest BCUT2D eigenvalue weighted by molar-refractivity contribution is -0.140. The van der Waals surface area contributed by atoms with Crippen LogP contribution < -0.4 is 15.6 Å². The largest absolute Gasteiger partial charge is 0.481 e. The van der Waals surface area contributed by atoms with E-state index in [1.165, 1.54) is 11.3 Å². The number of carboxylic acids is 2. The summed E-state index contributed by atoms with van der Waals surface area (Å²) in [7, 11) is 1.85. The van der Waals surface area contributed by atoms with Crippen LogP contribution in [0.1, 0.15) is 33.8 Å². The van der Waals surface area contributed by atoms with Gasteiger partial charge in [0.05, 0.1) is 9.88 Å². The van der Waals surface area contributed by atoms with Gasteiger partial charge in [-0.05, 0) is 43.2 Å². The van der Waals surface area contributed by atoms with Crippen molar-refractivity contribution >= 4 is 45.1 Å². The molecule has 2 heterocycles. The van der Waals surface area contributed by atoms with Crippen molar-refractivity contribution in [1.29, 1.82) is 0 Å². The van der Waals surface area contributed by atoms with Crippen molar-refractivity contribution in [2.24, 2.45) is 0 Å². The molecule has 0 aliphatic carbocycles. The number of fused-ring (bicyclic) bond motifs is 1. The number of carboxylic acid groups (broad SMARTS) is 2. The number of amides is 1. The van der Waals surface area contributed by atoms with Gasteiger partial charge in [-0.2, -0.15) is 0 Å². The summed E-state index contributed by atoms with van der Waals surface area (Å²) in [5.41, 5.74) is 2.44. The highest BCUT2D eigenvalue weighted by Gasteiger charge is 2.22. The first-order valence-electron chi connectivity index (χ1n) is 9.83. The third-order valence-electron chi connectivity index (χ3n) is 4.89. The highest BCUT2D eigenvalue weighted by atomic mass is 32.1. The molecule has 0 unspecified atom stereocenters. The Kier molecular flexibility index (Phi) is 6.94. The number of H-pyrrole nitrogens is 1. The smallest absolute Gasteiger partial charge is 0.326 e. The lowest BCUT2D eigenvalue weighted by Crippen LogP contribution is -2.40. The fourth-order valence-corrected chi connectivity index (χ4v) is 4.16. The van der Waals surface area contributed by atoms with E-state index in [-0.39, 0.29) is 18.3 Å². The number of aromatic nitrogens is 1. The molecule has 0 aliphatic rings. The summed E-state index contributed by atoms with van der Waals surface area (Å²) in [6.07, 6.45) is -0.557. The van der Waals surface area contributed by atoms with Gasteiger partial charge in [0, 0.05) is 42.7 Å². The Bertz CT molecular complexity index is 1230. The second-order valence-corrected chi connectivity index (χ2v) is 8.55. The normalized spacial score (nSPS) is 11.8. The third kappa shape index (κ3) is 5.52. The van der Waals surface area contributed by atoms with Crippen molar-refractivity contribution in [3.05, 3.63) is 62.8 Å². The Morgan fingerprint density at radius 2 is 1.91 bits per heavy atom. The van der Waals surface area contributed by atoms with Crippen molar-refractivity contribution in [2.75, 3.05) is 11.9 Å². The Labute approximate surface area is 187 Å². The molecule has 1 atom stereocenters. The number of anilines is 1. The van der Waals surface area contributed by atoms with Gasteiger partial charge in [0.25, 0.3) is 5.91 Å². The summed E-state index contributed by atoms with van der Waals surface area (Å²) in [6, 6.07) is 9.26. The molecule has 0 aliphatic heterocycles. The number of pyridine rings is 1. The van der Waals surface area contributed by atoms with Gasteiger partial charge in [-0.1, -0.05) is 6.07 Å². The number of aromatic amines is 1. The topological polar surface area (TPSA) is 140 Å². The molecule has 0 fully saturated rings. The molecule has 1 amide bonds. The van der Waals surface area contributed by atoms with E-state index in [2.05, 4.69) is 10.3 Å². The highest BCUT2D eigenvalue weighted by molar-refractivity contribution is 7.17. The van der Waals surface area contributed by atoms with Crippen molar-refractivity contribution in [3.63, 3.8) is 0 Å². The Hall–Kier alpha value is -3.66. The Morgan fingerprint density at radius 3 is 2.59 bits per heavy atom. The average Bonchev–Trinajstić information content (AvgIpc) is 3.21. The van der Waals surface area contributed by atoms with Crippen LogP contribution >= 0.6 is 11.3 Å². The summed E-state index contributed by atoms with van der Waals surface area (Å²) in [4.78, 5) is 52.1. The zero-order valence-corrected chi connectivity index (χ0v) is 18.4. The number of aliphatic carboxylic acids is 2. The van der Waals surface area contributed by atoms with Crippen LogP contribution in [0.15, 0.2) is 41.2 Å². The van der Waals surface area contributed by atoms with Gasteiger partial charge in [-0.25, -0.2) is 4.79 Å². The van der Waals surface area contributed by atoms with Crippen LogP contribution in [-0.4, -0.2) is 46.1 Å². The molecule has 0 bridgehead atoms. The quantitative estimate of drug-likeness (QED) is 0.387. The zero-order valence-electron chi connectivity index (χ0n) is 17.5. The Morgan fingerprint density at radius 1 is 1.16 bits per heavy atom. The van der Waals surface area contributed by atoms with Crippen molar-refractivity contribution in [3.8, 4) is 0 Å². The Balaban J connectivity index is 1.70. The number of nitrogens with zero attached hydrogens (tertiary/aromatic N) is 1. The molecule has 0 saturated carbocycles. The van der Waals surface area contributed by atoms with E-state index in [4.69, 9.17) is 5.11 Å². The first-order chi connectivity index (χ1) is 15.1. The fourth-order valence-electron chi connectivity index (χ4n) is 3.29. The minimum absolute atomic E-state index is 0.0493. The van der Waals surface area contributed by atoms with Crippen LogP contribution in [0.2, 0.25) is 0 Å².